The van der Waals surface area contributed by atoms with Crippen LogP contribution >= 0.6 is 22.9 Å². The molecule has 2 aromatic carbocycles. The van der Waals surface area contributed by atoms with Crippen molar-refractivity contribution in [2.45, 2.75) is 6.54 Å². The molecule has 0 radical (unpaired) electrons. The van der Waals surface area contributed by atoms with E-state index in [9.17, 15) is 14.0 Å². The molecule has 0 saturated heterocycles. The second-order valence-electron chi connectivity index (χ2n) is 6.41. The molecular weight excluding hydrogens is 429 g/mol. The quantitative estimate of drug-likeness (QED) is 0.490. The Kier molecular flexibility index (Phi) is 5.52. The summed E-state index contributed by atoms with van der Waals surface area (Å²) in [6, 6.07) is 13.2. The minimum Gasteiger partial charge on any atom is -0.497 e. The zero-order valence-electron chi connectivity index (χ0n) is 15.7. The minimum absolute atomic E-state index is 0.0994. The lowest BCUT2D eigenvalue weighted by Gasteiger charge is -2.07. The van der Waals surface area contributed by atoms with Gasteiger partial charge in [0.2, 0.25) is 5.91 Å². The summed E-state index contributed by atoms with van der Waals surface area (Å²) in [5, 5.41) is 2.49. The summed E-state index contributed by atoms with van der Waals surface area (Å²) in [6.45, 7) is -0.230. The number of benzene rings is 2. The van der Waals surface area contributed by atoms with E-state index in [-0.39, 0.29) is 17.1 Å². The van der Waals surface area contributed by atoms with Crippen LogP contribution in [0.3, 0.4) is 0 Å². The van der Waals surface area contributed by atoms with Gasteiger partial charge in [-0.05, 0) is 54.1 Å². The third kappa shape index (κ3) is 4.05. The van der Waals surface area contributed by atoms with Crippen molar-refractivity contribution in [1.29, 1.82) is 0 Å². The summed E-state index contributed by atoms with van der Waals surface area (Å²) < 4.78 is 20.1. The van der Waals surface area contributed by atoms with Gasteiger partial charge in [-0.15, -0.1) is 11.3 Å². The highest BCUT2D eigenvalue weighted by Crippen LogP contribution is 2.31. The molecule has 1 N–H and O–H groups in total. The number of hydrogen-bond donors (Lipinski definition) is 1. The summed E-state index contributed by atoms with van der Waals surface area (Å²) in [7, 11) is 1.60. The Bertz CT molecular complexity index is 1300. The maximum absolute atomic E-state index is 13.2. The molecule has 152 valence electrons. The third-order valence-electron chi connectivity index (χ3n) is 4.40. The molecule has 0 saturated carbocycles. The van der Waals surface area contributed by atoms with Gasteiger partial charge in [0.15, 0.2) is 0 Å². The molecule has 0 unspecified atom stereocenters. The molecule has 1 amide bonds. The van der Waals surface area contributed by atoms with E-state index in [1.807, 2.05) is 30.3 Å². The second kappa shape index (κ2) is 8.25. The molecule has 6 nitrogen and oxygen atoms in total. The number of aromatic nitrogens is 2. The number of rotatable bonds is 5. The van der Waals surface area contributed by atoms with Gasteiger partial charge < -0.3 is 10.1 Å². The molecule has 0 atom stereocenters. The molecular formula is C21H15ClFN3O3S. The van der Waals surface area contributed by atoms with Crippen LogP contribution in [-0.4, -0.2) is 22.6 Å². The lowest BCUT2D eigenvalue weighted by molar-refractivity contribution is -0.116. The van der Waals surface area contributed by atoms with Gasteiger partial charge in [-0.25, -0.2) is 9.37 Å². The summed E-state index contributed by atoms with van der Waals surface area (Å²) in [4.78, 5) is 30.3. The van der Waals surface area contributed by atoms with Gasteiger partial charge >= 0.3 is 0 Å². The summed E-state index contributed by atoms with van der Waals surface area (Å²) in [6.07, 6.45) is 1.34. The van der Waals surface area contributed by atoms with Crippen molar-refractivity contribution in [1.82, 2.24) is 9.55 Å². The van der Waals surface area contributed by atoms with E-state index < -0.39 is 11.7 Å². The number of fused-ring (bicyclic) bond motifs is 1. The predicted molar refractivity (Wildman–Crippen MR) is 116 cm³/mol. The Balaban J connectivity index is 1.57. The van der Waals surface area contributed by atoms with E-state index in [0.717, 1.165) is 22.3 Å². The Labute approximate surface area is 179 Å². The number of methoxy groups -OCH3 is 1. The van der Waals surface area contributed by atoms with E-state index in [1.54, 1.807) is 7.11 Å². The SMILES string of the molecule is COc1ccc(-c2cc3ncn(CC(=O)Nc4ccc(F)c(Cl)c4)c(=O)c3s2)cc1. The van der Waals surface area contributed by atoms with Crippen LogP contribution in [-0.2, 0) is 11.3 Å². The number of carbonyl (C=O) groups excluding carboxylic acids is 1. The van der Waals surface area contributed by atoms with Gasteiger partial charge in [-0.3, -0.25) is 14.2 Å². The van der Waals surface area contributed by atoms with Crippen molar-refractivity contribution in [3.05, 3.63) is 76.1 Å². The van der Waals surface area contributed by atoms with Crippen LogP contribution in [0.4, 0.5) is 10.1 Å². The van der Waals surface area contributed by atoms with Crippen molar-refractivity contribution in [3.8, 4) is 16.2 Å². The molecule has 4 aromatic rings. The molecule has 0 aliphatic carbocycles. The molecule has 0 aliphatic heterocycles. The van der Waals surface area contributed by atoms with Crippen LogP contribution < -0.4 is 15.6 Å². The molecule has 0 fully saturated rings. The van der Waals surface area contributed by atoms with E-state index in [2.05, 4.69) is 10.3 Å². The first kappa shape index (κ1) is 20.1. The van der Waals surface area contributed by atoms with Gasteiger partial charge in [-0.1, -0.05) is 11.6 Å². The van der Waals surface area contributed by atoms with Crippen LogP contribution in [0.2, 0.25) is 5.02 Å². The zero-order valence-corrected chi connectivity index (χ0v) is 17.3. The van der Waals surface area contributed by atoms with Gasteiger partial charge in [0.05, 0.1) is 24.0 Å². The first-order valence-corrected chi connectivity index (χ1v) is 10.0. The number of halogens is 2. The average molecular weight is 444 g/mol. The smallest absolute Gasteiger partial charge is 0.271 e. The lowest BCUT2D eigenvalue weighted by Crippen LogP contribution is -2.27. The maximum atomic E-state index is 13.2. The monoisotopic (exact) mass is 443 g/mol. The molecule has 0 spiro atoms. The van der Waals surface area contributed by atoms with E-state index in [1.165, 1.54) is 34.4 Å². The van der Waals surface area contributed by atoms with E-state index in [0.29, 0.717) is 15.9 Å². The molecule has 9 heteroatoms. The van der Waals surface area contributed by atoms with Crippen LogP contribution in [0.15, 0.2) is 59.7 Å². The van der Waals surface area contributed by atoms with Crippen LogP contribution in [0.5, 0.6) is 5.75 Å². The number of amides is 1. The Morgan fingerprint density at radius 3 is 2.70 bits per heavy atom. The molecule has 4 rings (SSSR count). The van der Waals surface area contributed by atoms with Crippen molar-refractivity contribution in [3.63, 3.8) is 0 Å². The normalized spacial score (nSPS) is 10.9. The number of ether oxygens (including phenoxy) is 1. The minimum atomic E-state index is -0.578. The van der Waals surface area contributed by atoms with E-state index >= 15 is 0 Å². The van der Waals surface area contributed by atoms with Gasteiger partial charge in [0, 0.05) is 10.6 Å². The Hall–Kier alpha value is -3.23. The largest absolute Gasteiger partial charge is 0.497 e. The predicted octanol–water partition coefficient (Wildman–Crippen LogP) is 4.56. The van der Waals surface area contributed by atoms with Crippen molar-refractivity contribution < 1.29 is 13.9 Å². The molecule has 30 heavy (non-hydrogen) atoms. The summed E-state index contributed by atoms with van der Waals surface area (Å²) in [5.41, 5.74) is 1.54. The number of nitrogens with zero attached hydrogens (tertiary/aromatic N) is 2. The number of nitrogens with one attached hydrogen (secondary N) is 1. The molecule has 2 aromatic heterocycles. The van der Waals surface area contributed by atoms with Gasteiger partial charge in [0.25, 0.3) is 5.56 Å². The molecule has 0 bridgehead atoms. The average Bonchev–Trinajstić information content (AvgIpc) is 3.18. The fraction of sp³-hybridized carbons (Fsp3) is 0.0952. The topological polar surface area (TPSA) is 73.2 Å². The fourth-order valence-electron chi connectivity index (χ4n) is 2.88. The van der Waals surface area contributed by atoms with Crippen molar-refractivity contribution in [2.75, 3.05) is 12.4 Å². The highest BCUT2D eigenvalue weighted by molar-refractivity contribution is 7.22. The first-order chi connectivity index (χ1) is 14.4. The standard InChI is InChI=1S/C21H15ClFN3O3S/c1-29-14-5-2-12(3-6-14)18-9-17-20(30-18)21(28)26(11-24-17)10-19(27)25-13-4-7-16(23)15(22)8-13/h2-9,11H,10H2,1H3,(H,25,27). The summed E-state index contributed by atoms with van der Waals surface area (Å²) >= 11 is 7.03. The maximum Gasteiger partial charge on any atom is 0.271 e. The van der Waals surface area contributed by atoms with Crippen LogP contribution in [0.25, 0.3) is 20.7 Å². The lowest BCUT2D eigenvalue weighted by atomic mass is 10.2. The van der Waals surface area contributed by atoms with Crippen molar-refractivity contribution in [2.24, 2.45) is 0 Å². The number of hydrogen-bond acceptors (Lipinski definition) is 5. The van der Waals surface area contributed by atoms with Gasteiger partial charge in [-0.2, -0.15) is 0 Å². The number of thiophene rings is 1. The second-order valence-corrected chi connectivity index (χ2v) is 7.87. The Morgan fingerprint density at radius 2 is 2.00 bits per heavy atom. The Morgan fingerprint density at radius 1 is 1.23 bits per heavy atom. The van der Waals surface area contributed by atoms with Crippen LogP contribution in [0.1, 0.15) is 0 Å². The highest BCUT2D eigenvalue weighted by Gasteiger charge is 2.13. The van der Waals surface area contributed by atoms with E-state index in [4.69, 9.17) is 16.3 Å². The number of carbonyl (C=O) groups is 1. The fourth-order valence-corrected chi connectivity index (χ4v) is 4.13. The number of anilines is 1. The highest BCUT2D eigenvalue weighted by atomic mass is 35.5. The molecule has 0 aliphatic rings. The van der Waals surface area contributed by atoms with Crippen LogP contribution in [0, 0.1) is 5.82 Å². The first-order valence-electron chi connectivity index (χ1n) is 8.83. The van der Waals surface area contributed by atoms with Gasteiger partial charge in [0.1, 0.15) is 22.8 Å². The third-order valence-corrected chi connectivity index (χ3v) is 5.85. The molecule has 2 heterocycles. The van der Waals surface area contributed by atoms with Crippen molar-refractivity contribution >= 4 is 44.7 Å². The zero-order chi connectivity index (χ0) is 21.3. The summed E-state index contributed by atoms with van der Waals surface area (Å²) in [5.74, 6) is -0.285.